The minimum Gasteiger partial charge on any atom is -0.465 e. The zero-order valence-corrected chi connectivity index (χ0v) is 20.1. The van der Waals surface area contributed by atoms with Gasteiger partial charge in [0.15, 0.2) is 5.75 Å². The van der Waals surface area contributed by atoms with E-state index in [1.165, 1.54) is 51.3 Å². The van der Waals surface area contributed by atoms with Gasteiger partial charge in [0.25, 0.3) is 0 Å². The number of anilines is 1. The summed E-state index contributed by atoms with van der Waals surface area (Å²) in [6, 6.07) is 7.71. The van der Waals surface area contributed by atoms with Crippen molar-refractivity contribution in [3.05, 3.63) is 47.9 Å². The second-order valence-corrected chi connectivity index (χ2v) is 9.34. The molecule has 0 aliphatic carbocycles. The van der Waals surface area contributed by atoms with Crippen LogP contribution in [-0.4, -0.2) is 60.2 Å². The number of amides is 1. The maximum atomic E-state index is 12.5. The van der Waals surface area contributed by atoms with Crippen LogP contribution in [0.3, 0.4) is 0 Å². The van der Waals surface area contributed by atoms with Gasteiger partial charge in [-0.25, -0.2) is 14.6 Å². The van der Waals surface area contributed by atoms with Crippen molar-refractivity contribution in [1.82, 2.24) is 14.9 Å². The molecule has 4 rings (SSSR count). The molecule has 1 amide bonds. The molecule has 2 aromatic rings. The average Bonchev–Trinajstić information content (AvgIpc) is 2.87. The molecule has 34 heavy (non-hydrogen) atoms. The third-order valence-corrected chi connectivity index (χ3v) is 7.01. The van der Waals surface area contributed by atoms with Crippen molar-refractivity contribution < 1.29 is 19.1 Å². The maximum Gasteiger partial charge on any atom is 0.415 e. The van der Waals surface area contributed by atoms with E-state index in [4.69, 9.17) is 4.74 Å². The standard InChI is InChI=1S/C26H34N4O4/c1-19-4-3-5-24(28-19)29-12-8-20(9-13-29)6-7-21-10-14-30(15-11-21)26(32)34-23-16-22(17-27-18-23)25(31)33-2/h3-5,16-18,20-21H,6-15H2,1-2H3. The molecule has 2 fully saturated rings. The van der Waals surface area contributed by atoms with E-state index in [0.29, 0.717) is 19.0 Å². The van der Waals surface area contributed by atoms with Gasteiger partial charge >= 0.3 is 12.1 Å². The Labute approximate surface area is 201 Å². The largest absolute Gasteiger partial charge is 0.465 e. The van der Waals surface area contributed by atoms with E-state index in [1.807, 2.05) is 13.0 Å². The van der Waals surface area contributed by atoms with Gasteiger partial charge in [0.05, 0.1) is 18.9 Å². The number of aryl methyl sites for hydroxylation is 1. The lowest BCUT2D eigenvalue weighted by atomic mass is 9.85. The van der Waals surface area contributed by atoms with Gasteiger partial charge in [-0.1, -0.05) is 18.9 Å². The average molecular weight is 467 g/mol. The van der Waals surface area contributed by atoms with Crippen LogP contribution in [0.2, 0.25) is 0 Å². The number of ether oxygens (including phenoxy) is 2. The molecule has 0 aromatic carbocycles. The van der Waals surface area contributed by atoms with Gasteiger partial charge in [-0.3, -0.25) is 4.98 Å². The zero-order chi connectivity index (χ0) is 23.9. The molecule has 0 atom stereocenters. The fourth-order valence-corrected chi connectivity index (χ4v) is 4.90. The summed E-state index contributed by atoms with van der Waals surface area (Å²) >= 11 is 0. The number of methoxy groups -OCH3 is 1. The van der Waals surface area contributed by atoms with Crippen molar-refractivity contribution in [2.75, 3.05) is 38.2 Å². The van der Waals surface area contributed by atoms with E-state index < -0.39 is 5.97 Å². The van der Waals surface area contributed by atoms with E-state index in [1.54, 1.807) is 4.90 Å². The molecule has 8 heteroatoms. The van der Waals surface area contributed by atoms with Gasteiger partial charge in [-0.15, -0.1) is 0 Å². The Morgan fingerprint density at radius 3 is 2.32 bits per heavy atom. The quantitative estimate of drug-likeness (QED) is 0.580. The number of pyridine rings is 2. The Bertz CT molecular complexity index is 982. The normalized spacial score (nSPS) is 17.5. The van der Waals surface area contributed by atoms with Crippen LogP contribution >= 0.6 is 0 Å². The number of hydrogen-bond acceptors (Lipinski definition) is 7. The highest BCUT2D eigenvalue weighted by molar-refractivity contribution is 5.89. The lowest BCUT2D eigenvalue weighted by Crippen LogP contribution is -2.40. The number of aromatic nitrogens is 2. The van der Waals surface area contributed by atoms with Gasteiger partial charge in [0.2, 0.25) is 0 Å². The highest BCUT2D eigenvalue weighted by atomic mass is 16.6. The van der Waals surface area contributed by atoms with Crippen LogP contribution in [0.5, 0.6) is 5.75 Å². The highest BCUT2D eigenvalue weighted by Gasteiger charge is 2.26. The second kappa shape index (κ2) is 11.3. The molecule has 0 radical (unpaired) electrons. The van der Waals surface area contributed by atoms with Gasteiger partial charge < -0.3 is 19.3 Å². The van der Waals surface area contributed by atoms with Crippen molar-refractivity contribution in [3.63, 3.8) is 0 Å². The van der Waals surface area contributed by atoms with Crippen LogP contribution < -0.4 is 9.64 Å². The minimum absolute atomic E-state index is 0.252. The summed E-state index contributed by atoms with van der Waals surface area (Å²) in [5.74, 6) is 2.28. The number of carbonyl (C=O) groups excluding carboxylic acids is 2. The fourth-order valence-electron chi connectivity index (χ4n) is 4.90. The topological polar surface area (TPSA) is 84.9 Å². The molecule has 0 saturated carbocycles. The predicted octanol–water partition coefficient (Wildman–Crippen LogP) is 4.48. The van der Waals surface area contributed by atoms with E-state index in [-0.39, 0.29) is 17.4 Å². The monoisotopic (exact) mass is 466 g/mol. The number of esters is 1. The molecule has 0 N–H and O–H groups in total. The molecular formula is C26H34N4O4. The lowest BCUT2D eigenvalue weighted by molar-refractivity contribution is 0.0599. The molecule has 0 spiro atoms. The highest BCUT2D eigenvalue weighted by Crippen LogP contribution is 2.30. The lowest BCUT2D eigenvalue weighted by Gasteiger charge is -2.35. The number of carbonyl (C=O) groups is 2. The maximum absolute atomic E-state index is 12.5. The fraction of sp³-hybridized carbons (Fsp3) is 0.538. The van der Waals surface area contributed by atoms with E-state index >= 15 is 0 Å². The summed E-state index contributed by atoms with van der Waals surface area (Å²) in [4.78, 5) is 37.0. The van der Waals surface area contributed by atoms with Crippen LogP contribution in [0.1, 0.15) is 54.6 Å². The summed E-state index contributed by atoms with van der Waals surface area (Å²) in [7, 11) is 1.30. The Balaban J connectivity index is 1.16. The van der Waals surface area contributed by atoms with Crippen LogP contribution in [0.25, 0.3) is 0 Å². The zero-order valence-electron chi connectivity index (χ0n) is 20.1. The van der Waals surface area contributed by atoms with Crippen molar-refractivity contribution in [2.24, 2.45) is 11.8 Å². The van der Waals surface area contributed by atoms with Crippen molar-refractivity contribution in [1.29, 1.82) is 0 Å². The Morgan fingerprint density at radius 1 is 1.00 bits per heavy atom. The molecule has 2 aliphatic heterocycles. The Hall–Kier alpha value is -3.16. The summed E-state index contributed by atoms with van der Waals surface area (Å²) in [5, 5.41) is 0. The van der Waals surface area contributed by atoms with Gasteiger partial charge in [0.1, 0.15) is 5.82 Å². The third kappa shape index (κ3) is 6.24. The molecule has 2 aromatic heterocycles. The van der Waals surface area contributed by atoms with Gasteiger partial charge in [0, 0.05) is 38.1 Å². The first-order valence-corrected chi connectivity index (χ1v) is 12.2. The van der Waals surface area contributed by atoms with Gasteiger partial charge in [-0.05, 0) is 62.6 Å². The number of likely N-dealkylation sites (tertiary alicyclic amines) is 1. The number of hydrogen-bond donors (Lipinski definition) is 0. The number of rotatable bonds is 6. The molecule has 0 bridgehead atoms. The molecule has 8 nitrogen and oxygen atoms in total. The third-order valence-electron chi connectivity index (χ3n) is 7.01. The van der Waals surface area contributed by atoms with Crippen molar-refractivity contribution >= 4 is 17.9 Å². The van der Waals surface area contributed by atoms with Crippen LogP contribution in [0, 0.1) is 18.8 Å². The molecule has 0 unspecified atom stereocenters. The first kappa shape index (κ1) is 24.0. The summed E-state index contributed by atoms with van der Waals surface area (Å²) < 4.78 is 10.1. The smallest absolute Gasteiger partial charge is 0.415 e. The molecule has 4 heterocycles. The molecular weight excluding hydrogens is 432 g/mol. The Kier molecular flexibility index (Phi) is 7.98. The Morgan fingerprint density at radius 2 is 1.68 bits per heavy atom. The number of nitrogens with zero attached hydrogens (tertiary/aromatic N) is 4. The van der Waals surface area contributed by atoms with Crippen molar-refractivity contribution in [2.45, 2.75) is 45.4 Å². The predicted molar refractivity (Wildman–Crippen MR) is 129 cm³/mol. The first-order chi connectivity index (χ1) is 16.5. The van der Waals surface area contributed by atoms with Crippen LogP contribution in [0.15, 0.2) is 36.7 Å². The van der Waals surface area contributed by atoms with E-state index in [2.05, 4.69) is 31.7 Å². The first-order valence-electron chi connectivity index (χ1n) is 12.2. The van der Waals surface area contributed by atoms with Crippen LogP contribution in [-0.2, 0) is 4.74 Å². The number of piperidine rings is 2. The SMILES string of the molecule is COC(=O)c1cncc(OC(=O)N2CCC(CCC3CCN(c4cccc(C)n4)CC3)CC2)c1. The van der Waals surface area contributed by atoms with Gasteiger partial charge in [-0.2, -0.15) is 0 Å². The second-order valence-electron chi connectivity index (χ2n) is 9.34. The summed E-state index contributed by atoms with van der Waals surface area (Å²) in [6.07, 6.45) is 9.36. The van der Waals surface area contributed by atoms with E-state index in [0.717, 1.165) is 43.4 Å². The van der Waals surface area contributed by atoms with Crippen molar-refractivity contribution in [3.8, 4) is 5.75 Å². The molecule has 2 aliphatic rings. The summed E-state index contributed by atoms with van der Waals surface area (Å²) in [6.45, 7) is 5.60. The van der Waals surface area contributed by atoms with E-state index in [9.17, 15) is 9.59 Å². The molecule has 2 saturated heterocycles. The summed E-state index contributed by atoms with van der Waals surface area (Å²) in [5.41, 5.74) is 1.33. The molecule has 182 valence electrons. The van der Waals surface area contributed by atoms with Crippen LogP contribution in [0.4, 0.5) is 10.6 Å². The minimum atomic E-state index is -0.510.